The summed E-state index contributed by atoms with van der Waals surface area (Å²) in [5, 5.41) is 1.10. The van der Waals surface area contributed by atoms with E-state index in [4.69, 9.17) is 4.74 Å². The summed E-state index contributed by atoms with van der Waals surface area (Å²) >= 11 is 1.48. The fourth-order valence-corrected chi connectivity index (χ4v) is 3.32. The molecule has 2 nitrogen and oxygen atoms in total. The second kappa shape index (κ2) is 4.86. The number of ether oxygens (including phenoxy) is 1. The van der Waals surface area contributed by atoms with Gasteiger partial charge in [0.25, 0.3) is 0 Å². The molecule has 0 atom stereocenters. The first-order chi connectivity index (χ1) is 9.31. The van der Waals surface area contributed by atoms with Crippen molar-refractivity contribution in [1.82, 2.24) is 0 Å². The van der Waals surface area contributed by atoms with E-state index in [1.807, 2.05) is 54.6 Å². The number of hydrogen-bond acceptors (Lipinski definition) is 3. The SMILES string of the molecule is COC(=O)c1sc2ccccc2c1-c1ccccc1. The van der Waals surface area contributed by atoms with Crippen molar-refractivity contribution in [2.75, 3.05) is 7.11 Å². The normalized spacial score (nSPS) is 10.6. The molecule has 0 N–H and O–H groups in total. The lowest BCUT2D eigenvalue weighted by molar-refractivity contribution is 0.0607. The number of carbonyl (C=O) groups is 1. The van der Waals surface area contributed by atoms with Crippen LogP contribution in [0.1, 0.15) is 9.67 Å². The second-order valence-corrected chi connectivity index (χ2v) is 5.21. The maximum Gasteiger partial charge on any atom is 0.348 e. The van der Waals surface area contributed by atoms with Crippen molar-refractivity contribution in [3.63, 3.8) is 0 Å². The third kappa shape index (κ3) is 2.02. The van der Waals surface area contributed by atoms with Gasteiger partial charge in [-0.2, -0.15) is 0 Å². The summed E-state index contributed by atoms with van der Waals surface area (Å²) in [6.45, 7) is 0. The number of fused-ring (bicyclic) bond motifs is 1. The van der Waals surface area contributed by atoms with Crippen LogP contribution in [0.5, 0.6) is 0 Å². The molecule has 19 heavy (non-hydrogen) atoms. The molecule has 3 aromatic rings. The average Bonchev–Trinajstić information content (AvgIpc) is 2.86. The summed E-state index contributed by atoms with van der Waals surface area (Å²) in [6, 6.07) is 18.0. The number of rotatable bonds is 2. The molecular weight excluding hydrogens is 256 g/mol. The van der Waals surface area contributed by atoms with Gasteiger partial charge < -0.3 is 4.74 Å². The number of hydrogen-bond donors (Lipinski definition) is 0. The van der Waals surface area contributed by atoms with Crippen LogP contribution >= 0.6 is 11.3 Å². The van der Waals surface area contributed by atoms with Crippen LogP contribution in [0.3, 0.4) is 0 Å². The number of methoxy groups -OCH3 is 1. The lowest BCUT2D eigenvalue weighted by Crippen LogP contribution is -1.99. The fourth-order valence-electron chi connectivity index (χ4n) is 2.17. The molecule has 0 saturated heterocycles. The van der Waals surface area contributed by atoms with E-state index in [1.54, 1.807) is 0 Å². The van der Waals surface area contributed by atoms with Gasteiger partial charge in [-0.05, 0) is 11.6 Å². The van der Waals surface area contributed by atoms with Gasteiger partial charge in [-0.3, -0.25) is 0 Å². The summed E-state index contributed by atoms with van der Waals surface area (Å²) in [6.07, 6.45) is 0. The Kier molecular flexibility index (Phi) is 3.05. The Bertz CT molecular complexity index is 729. The molecule has 0 aliphatic heterocycles. The maximum atomic E-state index is 12.0. The Morgan fingerprint density at radius 3 is 2.42 bits per heavy atom. The predicted octanol–water partition coefficient (Wildman–Crippen LogP) is 4.35. The van der Waals surface area contributed by atoms with E-state index in [1.165, 1.54) is 18.4 Å². The first-order valence-corrected chi connectivity index (χ1v) is 6.78. The zero-order valence-corrected chi connectivity index (χ0v) is 11.2. The zero-order chi connectivity index (χ0) is 13.2. The molecule has 3 rings (SSSR count). The number of esters is 1. The molecule has 0 fully saturated rings. The standard InChI is InChI=1S/C16H12O2S/c1-18-16(17)15-14(11-7-3-2-4-8-11)12-9-5-6-10-13(12)19-15/h2-10H,1H3. The third-order valence-corrected chi connectivity index (χ3v) is 4.18. The number of thiophene rings is 1. The van der Waals surface area contributed by atoms with Crippen molar-refractivity contribution in [2.24, 2.45) is 0 Å². The Hall–Kier alpha value is -2.13. The van der Waals surface area contributed by atoms with Gasteiger partial charge in [0, 0.05) is 15.6 Å². The van der Waals surface area contributed by atoms with E-state index in [0.717, 1.165) is 21.2 Å². The van der Waals surface area contributed by atoms with Gasteiger partial charge in [0.05, 0.1) is 7.11 Å². The quantitative estimate of drug-likeness (QED) is 0.646. The second-order valence-electron chi connectivity index (χ2n) is 4.16. The summed E-state index contributed by atoms with van der Waals surface area (Å²) in [5.74, 6) is -0.278. The van der Waals surface area contributed by atoms with E-state index in [2.05, 4.69) is 0 Å². The van der Waals surface area contributed by atoms with Gasteiger partial charge in [0.15, 0.2) is 0 Å². The lowest BCUT2D eigenvalue weighted by atomic mass is 10.0. The lowest BCUT2D eigenvalue weighted by Gasteiger charge is -2.03. The summed E-state index contributed by atoms with van der Waals surface area (Å²) in [4.78, 5) is 12.6. The molecule has 3 heteroatoms. The predicted molar refractivity (Wildman–Crippen MR) is 78.6 cm³/mol. The highest BCUT2D eigenvalue weighted by Gasteiger charge is 2.19. The van der Waals surface area contributed by atoms with Gasteiger partial charge >= 0.3 is 5.97 Å². The van der Waals surface area contributed by atoms with Crippen molar-refractivity contribution in [1.29, 1.82) is 0 Å². The minimum atomic E-state index is -0.278. The largest absolute Gasteiger partial charge is 0.465 e. The first kappa shape index (κ1) is 11.9. The Morgan fingerprint density at radius 1 is 1.00 bits per heavy atom. The van der Waals surface area contributed by atoms with Crippen LogP contribution < -0.4 is 0 Å². The molecule has 0 aliphatic rings. The third-order valence-electron chi connectivity index (χ3n) is 3.03. The van der Waals surface area contributed by atoms with Crippen molar-refractivity contribution < 1.29 is 9.53 Å². The van der Waals surface area contributed by atoms with E-state index in [-0.39, 0.29) is 5.97 Å². The summed E-state index contributed by atoms with van der Waals surface area (Å²) < 4.78 is 6.00. The van der Waals surface area contributed by atoms with Gasteiger partial charge in [-0.1, -0.05) is 48.5 Å². The molecule has 0 amide bonds. The van der Waals surface area contributed by atoms with Crippen molar-refractivity contribution in [2.45, 2.75) is 0 Å². The van der Waals surface area contributed by atoms with Crippen molar-refractivity contribution >= 4 is 27.4 Å². The molecule has 0 unspecified atom stereocenters. The van der Waals surface area contributed by atoms with E-state index in [9.17, 15) is 4.79 Å². The highest BCUT2D eigenvalue weighted by molar-refractivity contribution is 7.21. The minimum absolute atomic E-state index is 0.278. The van der Waals surface area contributed by atoms with Crippen LogP contribution in [0.15, 0.2) is 54.6 Å². The van der Waals surface area contributed by atoms with E-state index >= 15 is 0 Å². The van der Waals surface area contributed by atoms with Crippen LogP contribution in [0.2, 0.25) is 0 Å². The topological polar surface area (TPSA) is 26.3 Å². The van der Waals surface area contributed by atoms with Crippen LogP contribution in [0.25, 0.3) is 21.2 Å². The minimum Gasteiger partial charge on any atom is -0.465 e. The smallest absolute Gasteiger partial charge is 0.348 e. The molecule has 2 aromatic carbocycles. The molecule has 0 spiro atoms. The Balaban J connectivity index is 2.34. The summed E-state index contributed by atoms with van der Waals surface area (Å²) in [7, 11) is 1.42. The van der Waals surface area contributed by atoms with Crippen molar-refractivity contribution in [3.8, 4) is 11.1 Å². The fraction of sp³-hybridized carbons (Fsp3) is 0.0625. The monoisotopic (exact) mass is 268 g/mol. The molecule has 0 radical (unpaired) electrons. The summed E-state index contributed by atoms with van der Waals surface area (Å²) in [5.41, 5.74) is 2.01. The molecule has 0 saturated carbocycles. The van der Waals surface area contributed by atoms with Crippen LogP contribution in [-0.4, -0.2) is 13.1 Å². The Labute approximate surface area is 115 Å². The van der Waals surface area contributed by atoms with Crippen LogP contribution in [0, 0.1) is 0 Å². The van der Waals surface area contributed by atoms with Gasteiger partial charge in [0.2, 0.25) is 0 Å². The zero-order valence-electron chi connectivity index (χ0n) is 10.4. The van der Waals surface area contributed by atoms with Crippen molar-refractivity contribution in [3.05, 3.63) is 59.5 Å². The first-order valence-electron chi connectivity index (χ1n) is 5.96. The molecular formula is C16H12O2S. The highest BCUT2D eigenvalue weighted by Crippen LogP contribution is 2.38. The average molecular weight is 268 g/mol. The molecule has 0 aliphatic carbocycles. The van der Waals surface area contributed by atoms with Gasteiger partial charge in [-0.15, -0.1) is 11.3 Å². The highest BCUT2D eigenvalue weighted by atomic mass is 32.1. The molecule has 0 bridgehead atoms. The van der Waals surface area contributed by atoms with Gasteiger partial charge in [-0.25, -0.2) is 4.79 Å². The van der Waals surface area contributed by atoms with E-state index in [0.29, 0.717) is 4.88 Å². The van der Waals surface area contributed by atoms with Crippen LogP contribution in [0.4, 0.5) is 0 Å². The Morgan fingerprint density at radius 2 is 1.68 bits per heavy atom. The number of benzene rings is 2. The maximum absolute atomic E-state index is 12.0. The van der Waals surface area contributed by atoms with Crippen LogP contribution in [-0.2, 0) is 4.74 Å². The number of carbonyl (C=O) groups excluding carboxylic acids is 1. The molecule has 1 aromatic heterocycles. The van der Waals surface area contributed by atoms with E-state index < -0.39 is 0 Å². The van der Waals surface area contributed by atoms with Gasteiger partial charge in [0.1, 0.15) is 4.88 Å². The molecule has 94 valence electrons. The molecule has 1 heterocycles.